The number of amides is 1. The maximum Gasteiger partial charge on any atom is 0.416 e. The number of hydrogen-bond acceptors (Lipinski definition) is 3. The lowest BCUT2D eigenvalue weighted by Crippen LogP contribution is -2.35. The van der Waals surface area contributed by atoms with Gasteiger partial charge in [-0.1, -0.05) is 35.9 Å². The Labute approximate surface area is 176 Å². The molecule has 1 amide bonds. The van der Waals surface area contributed by atoms with Crippen molar-refractivity contribution >= 4 is 23.5 Å². The lowest BCUT2D eigenvalue weighted by Gasteiger charge is -2.32. The topological polar surface area (TPSA) is 46.6 Å². The number of halogens is 4. The van der Waals surface area contributed by atoms with Gasteiger partial charge in [-0.2, -0.15) is 13.2 Å². The third-order valence-corrected chi connectivity index (χ3v) is 5.39. The molecule has 1 aliphatic rings. The molecular formula is C22H19ClF3NO3. The van der Waals surface area contributed by atoms with Crippen LogP contribution < -0.4 is 0 Å². The van der Waals surface area contributed by atoms with E-state index in [1.165, 1.54) is 17.0 Å². The van der Waals surface area contributed by atoms with Crippen LogP contribution in [-0.4, -0.2) is 23.8 Å². The van der Waals surface area contributed by atoms with Gasteiger partial charge in [0.1, 0.15) is 6.61 Å². The molecule has 8 heteroatoms. The van der Waals surface area contributed by atoms with Gasteiger partial charge in [-0.15, -0.1) is 0 Å². The van der Waals surface area contributed by atoms with E-state index in [4.69, 9.17) is 16.3 Å². The standard InChI is InChI=1S/C22H19ClF3NO3/c1-13-20(18(11-19(28)27(13)2)15-5-9-17(23)10-6-15)21(29)30-12-14-3-7-16(8-4-14)22(24,25)26/h3-10,18H,11-12H2,1-2H3. The third-order valence-electron chi connectivity index (χ3n) is 5.14. The molecule has 0 bridgehead atoms. The second-order valence-electron chi connectivity index (χ2n) is 7.03. The van der Waals surface area contributed by atoms with Crippen LogP contribution in [-0.2, 0) is 27.1 Å². The zero-order valence-corrected chi connectivity index (χ0v) is 17.1. The first-order valence-corrected chi connectivity index (χ1v) is 9.51. The quantitative estimate of drug-likeness (QED) is 0.608. The predicted octanol–water partition coefficient (Wildman–Crippen LogP) is 5.32. The average Bonchev–Trinajstić information content (AvgIpc) is 2.70. The summed E-state index contributed by atoms with van der Waals surface area (Å²) in [6.45, 7) is 1.48. The van der Waals surface area contributed by atoms with Crippen LogP contribution in [0.2, 0.25) is 5.02 Å². The molecule has 0 spiro atoms. The number of rotatable bonds is 4. The second kappa shape index (κ2) is 8.52. The van der Waals surface area contributed by atoms with E-state index in [9.17, 15) is 22.8 Å². The molecule has 0 aliphatic carbocycles. The summed E-state index contributed by atoms with van der Waals surface area (Å²) in [6, 6.07) is 11.3. The van der Waals surface area contributed by atoms with Crippen LogP contribution in [0.5, 0.6) is 0 Å². The van der Waals surface area contributed by atoms with Crippen LogP contribution in [0.15, 0.2) is 59.8 Å². The second-order valence-corrected chi connectivity index (χ2v) is 7.47. The fourth-order valence-corrected chi connectivity index (χ4v) is 3.45. The minimum Gasteiger partial charge on any atom is -0.457 e. The summed E-state index contributed by atoms with van der Waals surface area (Å²) in [7, 11) is 1.58. The van der Waals surface area contributed by atoms with Crippen molar-refractivity contribution in [3.05, 3.63) is 81.5 Å². The Hall–Kier alpha value is -2.80. The molecule has 0 N–H and O–H groups in total. The molecule has 0 aromatic heterocycles. The largest absolute Gasteiger partial charge is 0.457 e. The number of benzene rings is 2. The van der Waals surface area contributed by atoms with E-state index in [0.29, 0.717) is 21.9 Å². The van der Waals surface area contributed by atoms with Crippen LogP contribution >= 0.6 is 11.6 Å². The lowest BCUT2D eigenvalue weighted by atomic mass is 9.84. The van der Waals surface area contributed by atoms with Gasteiger partial charge in [0, 0.05) is 30.1 Å². The molecule has 0 saturated heterocycles. The molecule has 1 aliphatic heterocycles. The highest BCUT2D eigenvalue weighted by molar-refractivity contribution is 6.30. The highest BCUT2D eigenvalue weighted by atomic mass is 35.5. The molecule has 1 atom stereocenters. The zero-order chi connectivity index (χ0) is 22.1. The Morgan fingerprint density at radius 2 is 1.73 bits per heavy atom. The summed E-state index contributed by atoms with van der Waals surface area (Å²) in [6.07, 6.45) is -4.33. The van der Waals surface area contributed by atoms with E-state index in [2.05, 4.69) is 0 Å². The summed E-state index contributed by atoms with van der Waals surface area (Å²) < 4.78 is 43.4. The summed E-state index contributed by atoms with van der Waals surface area (Å²) in [5.74, 6) is -1.25. The lowest BCUT2D eigenvalue weighted by molar-refractivity contribution is -0.142. The first-order valence-electron chi connectivity index (χ1n) is 9.14. The molecular weight excluding hydrogens is 419 g/mol. The number of carbonyl (C=O) groups is 2. The summed E-state index contributed by atoms with van der Waals surface area (Å²) in [5, 5.41) is 0.533. The Balaban J connectivity index is 1.82. The minimum atomic E-state index is -4.43. The molecule has 3 rings (SSSR count). The average molecular weight is 438 g/mol. The normalized spacial score (nSPS) is 17.3. The monoisotopic (exact) mass is 437 g/mol. The SMILES string of the molecule is CC1=C(C(=O)OCc2ccc(C(F)(F)F)cc2)C(c2ccc(Cl)cc2)CC(=O)N1C. The number of esters is 1. The predicted molar refractivity (Wildman–Crippen MR) is 106 cm³/mol. The van der Waals surface area contributed by atoms with Gasteiger partial charge in [-0.25, -0.2) is 4.79 Å². The van der Waals surface area contributed by atoms with Crippen LogP contribution in [0.25, 0.3) is 0 Å². The molecule has 1 heterocycles. The van der Waals surface area contributed by atoms with E-state index >= 15 is 0 Å². The molecule has 1 unspecified atom stereocenters. The Morgan fingerprint density at radius 1 is 1.13 bits per heavy atom. The number of ether oxygens (including phenoxy) is 1. The van der Waals surface area contributed by atoms with Crippen LogP contribution in [0.4, 0.5) is 13.2 Å². The van der Waals surface area contributed by atoms with Gasteiger partial charge < -0.3 is 9.64 Å². The van der Waals surface area contributed by atoms with E-state index in [0.717, 1.165) is 17.7 Å². The molecule has 0 saturated carbocycles. The first kappa shape index (κ1) is 21.9. The van der Waals surface area contributed by atoms with Crippen molar-refractivity contribution in [1.82, 2.24) is 4.90 Å². The van der Waals surface area contributed by atoms with Gasteiger partial charge in [-0.05, 0) is 42.3 Å². The summed E-state index contributed by atoms with van der Waals surface area (Å²) in [5.41, 5.74) is 1.22. The number of allylic oxidation sites excluding steroid dienone is 1. The maximum atomic E-state index is 12.9. The van der Waals surface area contributed by atoms with Gasteiger partial charge in [0.2, 0.25) is 5.91 Å². The highest BCUT2D eigenvalue weighted by Gasteiger charge is 2.35. The van der Waals surface area contributed by atoms with Crippen LogP contribution in [0.3, 0.4) is 0 Å². The fraction of sp³-hybridized carbons (Fsp3) is 0.273. The molecule has 4 nitrogen and oxygen atoms in total. The van der Waals surface area contributed by atoms with Crippen molar-refractivity contribution in [3.8, 4) is 0 Å². The highest BCUT2D eigenvalue weighted by Crippen LogP contribution is 2.37. The van der Waals surface area contributed by atoms with E-state index in [1.807, 2.05) is 0 Å². The zero-order valence-electron chi connectivity index (χ0n) is 16.3. The fourth-order valence-electron chi connectivity index (χ4n) is 3.32. The van der Waals surface area contributed by atoms with Crippen LogP contribution in [0.1, 0.15) is 36.0 Å². The van der Waals surface area contributed by atoms with Gasteiger partial charge in [-0.3, -0.25) is 4.79 Å². The Bertz CT molecular complexity index is 982. The molecule has 0 radical (unpaired) electrons. The number of alkyl halides is 3. The van der Waals surface area contributed by atoms with Crippen LogP contribution in [0, 0.1) is 0 Å². The third kappa shape index (κ3) is 4.67. The van der Waals surface area contributed by atoms with Crippen molar-refractivity contribution in [2.45, 2.75) is 32.0 Å². The van der Waals surface area contributed by atoms with E-state index < -0.39 is 23.6 Å². The van der Waals surface area contributed by atoms with E-state index in [1.54, 1.807) is 38.2 Å². The van der Waals surface area contributed by atoms with Gasteiger partial charge in [0.25, 0.3) is 0 Å². The van der Waals surface area contributed by atoms with Crippen molar-refractivity contribution < 1.29 is 27.5 Å². The Kier molecular flexibility index (Phi) is 6.22. The molecule has 2 aromatic rings. The first-order chi connectivity index (χ1) is 14.1. The minimum absolute atomic E-state index is 0.0974. The van der Waals surface area contributed by atoms with Crippen molar-refractivity contribution in [3.63, 3.8) is 0 Å². The van der Waals surface area contributed by atoms with Crippen molar-refractivity contribution in [2.24, 2.45) is 0 Å². The maximum absolute atomic E-state index is 12.9. The molecule has 158 valence electrons. The number of carbonyl (C=O) groups excluding carboxylic acids is 2. The van der Waals surface area contributed by atoms with Gasteiger partial charge in [0.05, 0.1) is 11.1 Å². The number of hydrogen-bond donors (Lipinski definition) is 0. The van der Waals surface area contributed by atoms with E-state index in [-0.39, 0.29) is 18.9 Å². The number of nitrogens with zero attached hydrogens (tertiary/aromatic N) is 1. The smallest absolute Gasteiger partial charge is 0.416 e. The van der Waals surface area contributed by atoms with Gasteiger partial charge >= 0.3 is 12.1 Å². The molecule has 0 fully saturated rings. The molecule has 30 heavy (non-hydrogen) atoms. The summed E-state index contributed by atoms with van der Waals surface area (Å²) in [4.78, 5) is 26.6. The molecule has 2 aromatic carbocycles. The van der Waals surface area contributed by atoms with Crippen molar-refractivity contribution in [1.29, 1.82) is 0 Å². The van der Waals surface area contributed by atoms with Crippen molar-refractivity contribution in [2.75, 3.05) is 7.05 Å². The van der Waals surface area contributed by atoms with Gasteiger partial charge in [0.15, 0.2) is 0 Å². The summed E-state index contributed by atoms with van der Waals surface area (Å²) >= 11 is 5.94. The Morgan fingerprint density at radius 3 is 2.30 bits per heavy atom.